The second kappa shape index (κ2) is 5.93. The van der Waals surface area contributed by atoms with Crippen molar-refractivity contribution in [2.75, 3.05) is 0 Å². The molecule has 0 atom stereocenters. The molecule has 26 heavy (non-hydrogen) atoms. The van der Waals surface area contributed by atoms with Crippen molar-refractivity contribution < 1.29 is 0 Å². The highest BCUT2D eigenvalue weighted by Crippen LogP contribution is 2.21. The van der Waals surface area contributed by atoms with Gasteiger partial charge in [-0.2, -0.15) is 0 Å². The van der Waals surface area contributed by atoms with E-state index in [0.717, 1.165) is 22.2 Å². The molecule has 6 heteroatoms. The first-order valence-corrected chi connectivity index (χ1v) is 8.15. The van der Waals surface area contributed by atoms with Crippen LogP contribution in [0, 0.1) is 0 Å². The van der Waals surface area contributed by atoms with Crippen molar-refractivity contribution in [1.29, 1.82) is 0 Å². The third kappa shape index (κ3) is 2.53. The molecule has 0 N–H and O–H groups in total. The molecule has 0 saturated carbocycles. The van der Waals surface area contributed by atoms with E-state index in [1.165, 1.54) is 0 Å². The summed E-state index contributed by atoms with van der Waals surface area (Å²) in [4.78, 5) is 17.7. The van der Waals surface area contributed by atoms with Crippen molar-refractivity contribution in [3.8, 4) is 22.8 Å². The zero-order valence-electron chi connectivity index (χ0n) is 13.6. The summed E-state index contributed by atoms with van der Waals surface area (Å²) in [6.07, 6.45) is 3.46. The summed E-state index contributed by atoms with van der Waals surface area (Å²) in [6, 6.07) is 19.3. The van der Waals surface area contributed by atoms with Crippen LogP contribution in [0.15, 0.2) is 73.1 Å². The summed E-state index contributed by atoms with van der Waals surface area (Å²) >= 11 is 0. The average Bonchev–Trinajstić information content (AvgIpc) is 2.73. The van der Waals surface area contributed by atoms with Crippen LogP contribution in [-0.2, 0) is 0 Å². The van der Waals surface area contributed by atoms with Crippen LogP contribution >= 0.6 is 0 Å². The van der Waals surface area contributed by atoms with E-state index in [0.29, 0.717) is 22.7 Å². The predicted octanol–water partition coefficient (Wildman–Crippen LogP) is 3.70. The molecule has 0 fully saturated rings. The Kier molecular flexibility index (Phi) is 3.31. The summed E-state index contributed by atoms with van der Waals surface area (Å²) < 4.78 is 0. The van der Waals surface area contributed by atoms with Crippen LogP contribution in [-0.4, -0.2) is 30.1 Å². The van der Waals surface area contributed by atoms with Crippen LogP contribution in [0.5, 0.6) is 0 Å². The lowest BCUT2D eigenvalue weighted by atomic mass is 10.2. The third-order valence-electron chi connectivity index (χ3n) is 4.12. The van der Waals surface area contributed by atoms with Crippen LogP contribution < -0.4 is 0 Å². The molecule has 5 aromatic rings. The highest BCUT2D eigenvalue weighted by atomic mass is 15.1. The van der Waals surface area contributed by atoms with Gasteiger partial charge in [0.25, 0.3) is 0 Å². The molecule has 0 aliphatic heterocycles. The number of hydrogen-bond acceptors (Lipinski definition) is 6. The summed E-state index contributed by atoms with van der Waals surface area (Å²) in [5.41, 5.74) is 4.25. The smallest absolute Gasteiger partial charge is 0.159 e. The largest absolute Gasteiger partial charge is 0.237 e. The first kappa shape index (κ1) is 14.5. The Balaban J connectivity index is 1.52. The van der Waals surface area contributed by atoms with Gasteiger partial charge in [0, 0.05) is 23.2 Å². The van der Waals surface area contributed by atoms with Gasteiger partial charge in [0.05, 0.1) is 11.4 Å². The fourth-order valence-electron chi connectivity index (χ4n) is 2.80. The first-order valence-electron chi connectivity index (χ1n) is 8.15. The minimum Gasteiger partial charge on any atom is -0.237 e. The van der Waals surface area contributed by atoms with Crippen molar-refractivity contribution >= 4 is 22.1 Å². The number of rotatable bonds is 2. The van der Waals surface area contributed by atoms with Gasteiger partial charge in [-0.15, -0.1) is 10.2 Å². The van der Waals surface area contributed by atoms with Gasteiger partial charge in [0.1, 0.15) is 11.4 Å². The molecule has 5 rings (SSSR count). The number of hydrogen-bond donors (Lipinski definition) is 0. The molecular weight excluding hydrogens is 324 g/mol. The summed E-state index contributed by atoms with van der Waals surface area (Å²) in [5.74, 6) is 0. The van der Waals surface area contributed by atoms with Gasteiger partial charge in [0.15, 0.2) is 11.3 Å². The number of fused-ring (bicyclic) bond motifs is 2. The first-order chi connectivity index (χ1) is 12.9. The van der Waals surface area contributed by atoms with Crippen molar-refractivity contribution in [2.45, 2.75) is 0 Å². The maximum Gasteiger partial charge on any atom is 0.159 e. The monoisotopic (exact) mass is 336 g/mol. The van der Waals surface area contributed by atoms with Crippen molar-refractivity contribution in [3.05, 3.63) is 73.1 Å². The molecular formula is C20H12N6. The van der Waals surface area contributed by atoms with E-state index in [1.807, 2.05) is 60.7 Å². The third-order valence-corrected chi connectivity index (χ3v) is 4.12. The number of pyridine rings is 4. The maximum atomic E-state index is 4.55. The Morgan fingerprint density at radius 3 is 1.38 bits per heavy atom. The molecule has 5 aromatic heterocycles. The molecule has 0 amide bonds. The van der Waals surface area contributed by atoms with Gasteiger partial charge in [-0.25, -0.2) is 19.9 Å². The van der Waals surface area contributed by atoms with Gasteiger partial charge in [0.2, 0.25) is 0 Å². The van der Waals surface area contributed by atoms with Crippen LogP contribution in [0.2, 0.25) is 0 Å². The standard InChI is InChI=1S/C20H12N6/c1-3-13-5-7-15(23-19(13)21-11-1)17-9-10-18(26-25-17)16-8-6-14-4-2-12-22-20(14)24-16/h1-12H. The van der Waals surface area contributed by atoms with E-state index in [4.69, 9.17) is 0 Å². The Hall–Kier alpha value is -3.80. The van der Waals surface area contributed by atoms with Gasteiger partial charge >= 0.3 is 0 Å². The fraction of sp³-hybridized carbons (Fsp3) is 0. The molecule has 0 spiro atoms. The number of aromatic nitrogens is 6. The molecule has 0 aliphatic rings. The molecule has 6 nitrogen and oxygen atoms in total. The normalized spacial score (nSPS) is 11.1. The van der Waals surface area contributed by atoms with E-state index in [9.17, 15) is 0 Å². The fourth-order valence-corrected chi connectivity index (χ4v) is 2.80. The highest BCUT2D eigenvalue weighted by molar-refractivity contribution is 5.78. The second-order valence-electron chi connectivity index (χ2n) is 5.80. The molecule has 0 saturated heterocycles. The van der Waals surface area contributed by atoms with E-state index in [1.54, 1.807) is 12.4 Å². The zero-order valence-corrected chi connectivity index (χ0v) is 13.6. The maximum absolute atomic E-state index is 4.55. The second-order valence-corrected chi connectivity index (χ2v) is 5.80. The Morgan fingerprint density at radius 2 is 0.923 bits per heavy atom. The molecule has 0 aliphatic carbocycles. The molecule has 0 bridgehead atoms. The zero-order chi connectivity index (χ0) is 17.3. The predicted molar refractivity (Wildman–Crippen MR) is 99.1 cm³/mol. The molecule has 0 unspecified atom stereocenters. The van der Waals surface area contributed by atoms with E-state index in [-0.39, 0.29) is 0 Å². The van der Waals surface area contributed by atoms with E-state index < -0.39 is 0 Å². The van der Waals surface area contributed by atoms with Gasteiger partial charge in [-0.3, -0.25) is 0 Å². The van der Waals surface area contributed by atoms with Gasteiger partial charge in [-0.1, -0.05) is 0 Å². The number of nitrogens with zero attached hydrogens (tertiary/aromatic N) is 6. The molecule has 122 valence electrons. The Bertz CT molecular complexity index is 1140. The SMILES string of the molecule is c1cnc2nc(-c3ccc(-c4ccc5cccnc5n4)nn3)ccc2c1. The summed E-state index contributed by atoms with van der Waals surface area (Å²) in [5, 5.41) is 10.6. The minimum absolute atomic E-state index is 0.693. The van der Waals surface area contributed by atoms with Crippen LogP contribution in [0.25, 0.3) is 44.8 Å². The lowest BCUT2D eigenvalue weighted by Gasteiger charge is -2.04. The Morgan fingerprint density at radius 1 is 0.462 bits per heavy atom. The van der Waals surface area contributed by atoms with Crippen LogP contribution in [0.3, 0.4) is 0 Å². The van der Waals surface area contributed by atoms with E-state index in [2.05, 4.69) is 30.1 Å². The quantitative estimate of drug-likeness (QED) is 0.489. The lowest BCUT2D eigenvalue weighted by molar-refractivity contribution is 1.03. The highest BCUT2D eigenvalue weighted by Gasteiger charge is 2.07. The molecule has 0 radical (unpaired) electrons. The summed E-state index contributed by atoms with van der Waals surface area (Å²) in [6.45, 7) is 0. The van der Waals surface area contributed by atoms with Gasteiger partial charge < -0.3 is 0 Å². The van der Waals surface area contributed by atoms with Crippen molar-refractivity contribution in [3.63, 3.8) is 0 Å². The topological polar surface area (TPSA) is 77.3 Å². The van der Waals surface area contributed by atoms with Gasteiger partial charge in [-0.05, 0) is 60.7 Å². The van der Waals surface area contributed by atoms with E-state index >= 15 is 0 Å². The van der Waals surface area contributed by atoms with Crippen molar-refractivity contribution in [2.24, 2.45) is 0 Å². The minimum atomic E-state index is 0.693. The molecule has 0 aromatic carbocycles. The van der Waals surface area contributed by atoms with Crippen LogP contribution in [0.4, 0.5) is 0 Å². The van der Waals surface area contributed by atoms with Crippen molar-refractivity contribution in [1.82, 2.24) is 30.1 Å². The average molecular weight is 336 g/mol. The lowest BCUT2D eigenvalue weighted by Crippen LogP contribution is -1.95. The van der Waals surface area contributed by atoms with Crippen LogP contribution in [0.1, 0.15) is 0 Å². The summed E-state index contributed by atoms with van der Waals surface area (Å²) in [7, 11) is 0. The Labute approximate surface area is 148 Å². The molecule has 5 heterocycles.